The minimum absolute atomic E-state index is 0.218. The van der Waals surface area contributed by atoms with Crippen LogP contribution < -0.4 is 0 Å². The van der Waals surface area contributed by atoms with Crippen LogP contribution in [0.4, 0.5) is 4.39 Å². The van der Waals surface area contributed by atoms with Gasteiger partial charge in [0.15, 0.2) is 0 Å². The number of aryl methyl sites for hydroxylation is 1. The van der Waals surface area contributed by atoms with Crippen molar-refractivity contribution in [2.75, 3.05) is 12.9 Å². The van der Waals surface area contributed by atoms with Crippen molar-refractivity contribution in [3.63, 3.8) is 0 Å². The Hall–Kier alpha value is -1.13. The zero-order valence-corrected chi connectivity index (χ0v) is 13.3. The molecule has 1 saturated carbocycles. The summed E-state index contributed by atoms with van der Waals surface area (Å²) in [4.78, 5) is 7.02. The fraction of sp³-hybridized carbons (Fsp3) is 0.562. The quantitative estimate of drug-likeness (QED) is 0.762. The van der Waals surface area contributed by atoms with Crippen LogP contribution in [-0.2, 0) is 13.0 Å². The van der Waals surface area contributed by atoms with Gasteiger partial charge in [-0.15, -0.1) is 11.6 Å². The van der Waals surface area contributed by atoms with Crippen LogP contribution in [0.1, 0.15) is 25.6 Å². The summed E-state index contributed by atoms with van der Waals surface area (Å²) in [6, 6.07) is 5.89. The molecule has 1 aliphatic carbocycles. The monoisotopic (exact) mass is 309 g/mol. The van der Waals surface area contributed by atoms with Crippen LogP contribution in [0.3, 0.4) is 0 Å². The Morgan fingerprint density at radius 2 is 2.24 bits per heavy atom. The first-order chi connectivity index (χ1) is 10.1. The largest absolute Gasteiger partial charge is 0.326 e. The van der Waals surface area contributed by atoms with Crippen molar-refractivity contribution in [3.05, 3.63) is 29.8 Å². The number of hydrogen-bond donors (Lipinski definition) is 0. The highest BCUT2D eigenvalue weighted by Crippen LogP contribution is 2.28. The topological polar surface area (TPSA) is 21.1 Å². The first-order valence-electron chi connectivity index (χ1n) is 7.52. The second-order valence-electron chi connectivity index (χ2n) is 5.96. The van der Waals surface area contributed by atoms with Gasteiger partial charge in [0, 0.05) is 30.9 Å². The molecule has 1 fully saturated rings. The Morgan fingerprint density at radius 1 is 1.48 bits per heavy atom. The molecule has 3 rings (SSSR count). The number of rotatable bonds is 6. The first kappa shape index (κ1) is 14.8. The van der Waals surface area contributed by atoms with Crippen molar-refractivity contribution in [1.82, 2.24) is 14.5 Å². The fourth-order valence-electron chi connectivity index (χ4n) is 2.86. The summed E-state index contributed by atoms with van der Waals surface area (Å²) in [6.07, 6.45) is 3.28. The van der Waals surface area contributed by atoms with Gasteiger partial charge >= 0.3 is 0 Å². The lowest BCUT2D eigenvalue weighted by Gasteiger charge is -2.25. The summed E-state index contributed by atoms with van der Waals surface area (Å²) >= 11 is 5.89. The van der Waals surface area contributed by atoms with E-state index in [4.69, 9.17) is 11.6 Å². The summed E-state index contributed by atoms with van der Waals surface area (Å²) in [5.74, 6) is 1.25. The van der Waals surface area contributed by atoms with Crippen molar-refractivity contribution in [2.24, 2.45) is 0 Å². The van der Waals surface area contributed by atoms with Crippen LogP contribution in [0.5, 0.6) is 0 Å². The molecule has 0 N–H and O–H groups in total. The van der Waals surface area contributed by atoms with Gasteiger partial charge in [-0.2, -0.15) is 0 Å². The van der Waals surface area contributed by atoms with E-state index in [9.17, 15) is 4.39 Å². The SMILES string of the molecule is CC(Cn1c(CCCl)nc2ccc(F)cc21)N(C)C1CC1. The minimum atomic E-state index is -0.218. The Kier molecular flexibility index (Phi) is 4.18. The molecule has 1 unspecified atom stereocenters. The molecule has 3 nitrogen and oxygen atoms in total. The number of nitrogens with zero attached hydrogens (tertiary/aromatic N) is 3. The third-order valence-corrected chi connectivity index (χ3v) is 4.56. The van der Waals surface area contributed by atoms with Crippen molar-refractivity contribution >= 4 is 22.6 Å². The summed E-state index contributed by atoms with van der Waals surface area (Å²) in [6.45, 7) is 3.03. The smallest absolute Gasteiger partial charge is 0.125 e. The van der Waals surface area contributed by atoms with Gasteiger partial charge in [0.25, 0.3) is 0 Å². The van der Waals surface area contributed by atoms with Crippen molar-refractivity contribution in [1.29, 1.82) is 0 Å². The van der Waals surface area contributed by atoms with E-state index in [1.54, 1.807) is 12.1 Å². The molecule has 0 saturated heterocycles. The predicted molar refractivity (Wildman–Crippen MR) is 84.4 cm³/mol. The number of alkyl halides is 1. The molecule has 0 radical (unpaired) electrons. The molecule has 1 atom stereocenters. The molecule has 114 valence electrons. The fourth-order valence-corrected chi connectivity index (χ4v) is 3.03. The lowest BCUT2D eigenvalue weighted by Crippen LogP contribution is -2.34. The van der Waals surface area contributed by atoms with Crippen LogP contribution in [0, 0.1) is 5.82 Å². The number of likely N-dealkylation sites (N-methyl/N-ethyl adjacent to an activating group) is 1. The van der Waals surface area contributed by atoms with Crippen molar-refractivity contribution in [3.8, 4) is 0 Å². The summed E-state index contributed by atoms with van der Waals surface area (Å²) < 4.78 is 15.7. The van der Waals surface area contributed by atoms with Gasteiger partial charge in [0.05, 0.1) is 11.0 Å². The second kappa shape index (κ2) is 5.93. The third kappa shape index (κ3) is 3.06. The first-order valence-corrected chi connectivity index (χ1v) is 8.06. The normalized spacial score (nSPS) is 16.8. The van der Waals surface area contributed by atoms with Crippen LogP contribution in [-0.4, -0.2) is 39.5 Å². The van der Waals surface area contributed by atoms with Crippen molar-refractivity contribution in [2.45, 2.75) is 44.8 Å². The second-order valence-corrected chi connectivity index (χ2v) is 6.33. The minimum Gasteiger partial charge on any atom is -0.326 e. The van der Waals surface area contributed by atoms with E-state index < -0.39 is 0 Å². The number of fused-ring (bicyclic) bond motifs is 1. The zero-order valence-electron chi connectivity index (χ0n) is 12.5. The molecule has 0 amide bonds. The number of halogens is 2. The van der Waals surface area contributed by atoms with E-state index in [2.05, 4.69) is 28.4 Å². The van der Waals surface area contributed by atoms with E-state index in [0.29, 0.717) is 24.4 Å². The third-order valence-electron chi connectivity index (χ3n) is 4.37. The van der Waals surface area contributed by atoms with Crippen LogP contribution in [0.2, 0.25) is 0 Å². The molecule has 1 aromatic heterocycles. The van der Waals surface area contributed by atoms with Gasteiger partial charge in [-0.25, -0.2) is 9.37 Å². The Bertz CT molecular complexity index is 636. The molecule has 5 heteroatoms. The van der Waals surface area contributed by atoms with E-state index in [1.807, 2.05) is 0 Å². The van der Waals surface area contributed by atoms with Gasteiger partial charge in [-0.3, -0.25) is 4.90 Å². The van der Waals surface area contributed by atoms with Crippen LogP contribution >= 0.6 is 11.6 Å². The highest BCUT2D eigenvalue weighted by molar-refractivity contribution is 6.17. The molecule has 0 spiro atoms. The zero-order chi connectivity index (χ0) is 15.0. The molecule has 1 aromatic carbocycles. The summed E-state index contributed by atoms with van der Waals surface area (Å²) in [5.41, 5.74) is 1.71. The number of benzene rings is 1. The molecule has 2 aromatic rings. The predicted octanol–water partition coefficient (Wildman–Crippen LogP) is 3.44. The summed E-state index contributed by atoms with van der Waals surface area (Å²) in [7, 11) is 2.17. The number of imidazole rings is 1. The average molecular weight is 310 g/mol. The Balaban J connectivity index is 1.93. The standard InChI is InChI=1S/C16H21ClFN3/c1-11(20(2)13-4-5-13)10-21-15-9-12(18)3-6-14(15)19-16(21)7-8-17/h3,6,9,11,13H,4-5,7-8,10H2,1-2H3. The molecule has 21 heavy (non-hydrogen) atoms. The highest BCUT2D eigenvalue weighted by atomic mass is 35.5. The Labute approximate surface area is 129 Å². The molecule has 1 aliphatic rings. The average Bonchev–Trinajstić information content (AvgIpc) is 3.25. The molecule has 0 aliphatic heterocycles. The summed E-state index contributed by atoms with van der Waals surface area (Å²) in [5, 5.41) is 0. The van der Waals surface area contributed by atoms with Gasteiger partial charge in [-0.05, 0) is 45.0 Å². The van der Waals surface area contributed by atoms with E-state index in [1.165, 1.54) is 18.9 Å². The van der Waals surface area contributed by atoms with E-state index in [0.717, 1.165) is 23.4 Å². The van der Waals surface area contributed by atoms with Crippen LogP contribution in [0.15, 0.2) is 18.2 Å². The molecular formula is C16H21ClFN3. The lowest BCUT2D eigenvalue weighted by atomic mass is 10.2. The number of hydrogen-bond acceptors (Lipinski definition) is 2. The van der Waals surface area contributed by atoms with Gasteiger partial charge in [-0.1, -0.05) is 0 Å². The van der Waals surface area contributed by atoms with E-state index in [-0.39, 0.29) is 5.82 Å². The van der Waals surface area contributed by atoms with Gasteiger partial charge in [0.1, 0.15) is 11.6 Å². The van der Waals surface area contributed by atoms with Gasteiger partial charge < -0.3 is 4.57 Å². The maximum absolute atomic E-state index is 13.6. The molecule has 0 bridgehead atoms. The highest BCUT2D eigenvalue weighted by Gasteiger charge is 2.29. The maximum Gasteiger partial charge on any atom is 0.125 e. The van der Waals surface area contributed by atoms with Crippen LogP contribution in [0.25, 0.3) is 11.0 Å². The molecule has 1 heterocycles. The lowest BCUT2D eigenvalue weighted by molar-refractivity contribution is 0.226. The van der Waals surface area contributed by atoms with Gasteiger partial charge in [0.2, 0.25) is 0 Å². The molecular weight excluding hydrogens is 289 g/mol. The Morgan fingerprint density at radius 3 is 2.90 bits per heavy atom. The maximum atomic E-state index is 13.6. The van der Waals surface area contributed by atoms with E-state index >= 15 is 0 Å². The number of aromatic nitrogens is 2. The van der Waals surface area contributed by atoms with Crippen molar-refractivity contribution < 1.29 is 4.39 Å².